The Kier molecular flexibility index (Phi) is 5.12. The van der Waals surface area contributed by atoms with Gasteiger partial charge in [-0.05, 0) is 30.7 Å². The molecule has 0 radical (unpaired) electrons. The van der Waals surface area contributed by atoms with E-state index in [2.05, 4.69) is 19.9 Å². The van der Waals surface area contributed by atoms with Gasteiger partial charge in [0.2, 0.25) is 5.88 Å². The minimum atomic E-state index is -4.53. The molecule has 0 aromatic carbocycles. The zero-order valence-corrected chi connectivity index (χ0v) is 17.5. The first-order chi connectivity index (χ1) is 15.8. The molecule has 5 heterocycles. The van der Waals surface area contributed by atoms with Gasteiger partial charge in [0.25, 0.3) is 0 Å². The van der Waals surface area contributed by atoms with E-state index in [0.717, 1.165) is 24.5 Å². The van der Waals surface area contributed by atoms with E-state index in [1.54, 1.807) is 29.0 Å². The van der Waals surface area contributed by atoms with Gasteiger partial charge < -0.3 is 14.7 Å². The minimum absolute atomic E-state index is 0.0872. The summed E-state index contributed by atoms with van der Waals surface area (Å²) in [6, 6.07) is 7.93. The Morgan fingerprint density at radius 1 is 1.03 bits per heavy atom. The minimum Gasteiger partial charge on any atom is -0.481 e. The number of imidazole rings is 1. The highest BCUT2D eigenvalue weighted by atomic mass is 19.4. The Balaban J connectivity index is 1.63. The van der Waals surface area contributed by atoms with E-state index in [1.165, 1.54) is 13.3 Å². The third-order valence-electron chi connectivity index (χ3n) is 5.52. The predicted octanol–water partition coefficient (Wildman–Crippen LogP) is 3.48. The van der Waals surface area contributed by atoms with Crippen LogP contribution in [0.15, 0.2) is 48.9 Å². The number of β-amino-alcohol motifs (C(OH)–C–C–N with tert-alkyl or cyclic N) is 1. The second-order valence-electron chi connectivity index (χ2n) is 7.68. The van der Waals surface area contributed by atoms with Crippen molar-refractivity contribution < 1.29 is 23.0 Å². The second kappa shape index (κ2) is 8.00. The van der Waals surface area contributed by atoms with Crippen molar-refractivity contribution in [2.45, 2.75) is 18.7 Å². The third kappa shape index (κ3) is 3.95. The maximum absolute atomic E-state index is 13.2. The van der Waals surface area contributed by atoms with Gasteiger partial charge in [-0.2, -0.15) is 13.2 Å². The average Bonchev–Trinajstić information content (AvgIpc) is 3.42. The molecule has 1 N–H and O–H groups in total. The summed E-state index contributed by atoms with van der Waals surface area (Å²) in [6.07, 6.45) is -0.232. The Bertz CT molecular complexity index is 1290. The van der Waals surface area contributed by atoms with Gasteiger partial charge in [0, 0.05) is 25.4 Å². The van der Waals surface area contributed by atoms with Gasteiger partial charge in [0.1, 0.15) is 11.2 Å². The fourth-order valence-electron chi connectivity index (χ4n) is 3.84. The van der Waals surface area contributed by atoms with E-state index in [0.29, 0.717) is 36.1 Å². The van der Waals surface area contributed by atoms with E-state index >= 15 is 0 Å². The Morgan fingerprint density at radius 3 is 2.42 bits per heavy atom. The van der Waals surface area contributed by atoms with Crippen LogP contribution in [0.4, 0.5) is 18.9 Å². The molecule has 170 valence electrons. The smallest absolute Gasteiger partial charge is 0.417 e. The van der Waals surface area contributed by atoms with Crippen molar-refractivity contribution in [3.8, 4) is 23.1 Å². The fourth-order valence-corrected chi connectivity index (χ4v) is 3.84. The van der Waals surface area contributed by atoms with Crippen LogP contribution in [-0.2, 0) is 6.18 Å². The number of nitrogens with zero attached hydrogens (tertiary/aromatic N) is 6. The van der Waals surface area contributed by atoms with Crippen LogP contribution in [0.5, 0.6) is 5.88 Å². The number of fused-ring (bicyclic) bond motifs is 1. The van der Waals surface area contributed by atoms with Crippen molar-refractivity contribution in [1.82, 2.24) is 24.5 Å². The number of hydrogen-bond donors (Lipinski definition) is 1. The molecule has 1 atom stereocenters. The van der Waals surface area contributed by atoms with Gasteiger partial charge >= 0.3 is 6.18 Å². The molecule has 0 bridgehead atoms. The van der Waals surface area contributed by atoms with Crippen LogP contribution in [0.25, 0.3) is 28.4 Å². The van der Waals surface area contributed by atoms with Crippen molar-refractivity contribution in [1.29, 1.82) is 0 Å². The van der Waals surface area contributed by atoms with E-state index in [-0.39, 0.29) is 17.3 Å². The SMILES string of the molecule is COc1ccc(-n2c(-c3ccc(N4CCC(O)C4)cn3)nc3cc(C(F)(F)F)cnc32)cn1. The largest absolute Gasteiger partial charge is 0.481 e. The molecular weight excluding hydrogens is 437 g/mol. The number of methoxy groups -OCH3 is 1. The van der Waals surface area contributed by atoms with Crippen molar-refractivity contribution in [2.75, 3.05) is 25.1 Å². The lowest BCUT2D eigenvalue weighted by atomic mass is 10.2. The molecule has 4 aromatic rings. The lowest BCUT2D eigenvalue weighted by molar-refractivity contribution is -0.137. The molecule has 4 aromatic heterocycles. The van der Waals surface area contributed by atoms with Crippen LogP contribution in [0, 0.1) is 0 Å². The first-order valence-electron chi connectivity index (χ1n) is 10.2. The maximum atomic E-state index is 13.2. The number of aromatic nitrogens is 5. The number of pyridine rings is 3. The number of hydrogen-bond acceptors (Lipinski definition) is 7. The van der Waals surface area contributed by atoms with Crippen molar-refractivity contribution in [2.24, 2.45) is 0 Å². The number of rotatable bonds is 4. The molecule has 11 heteroatoms. The highest BCUT2D eigenvalue weighted by Gasteiger charge is 2.32. The normalized spacial score (nSPS) is 16.5. The summed E-state index contributed by atoms with van der Waals surface area (Å²) in [4.78, 5) is 19.2. The first-order valence-corrected chi connectivity index (χ1v) is 10.2. The van der Waals surface area contributed by atoms with E-state index in [4.69, 9.17) is 4.74 Å². The molecule has 5 rings (SSSR count). The fraction of sp³-hybridized carbons (Fsp3) is 0.273. The quantitative estimate of drug-likeness (QED) is 0.503. The number of alkyl halides is 3. The lowest BCUT2D eigenvalue weighted by Crippen LogP contribution is -2.21. The van der Waals surface area contributed by atoms with Crippen LogP contribution in [-0.4, -0.2) is 55.9 Å². The van der Waals surface area contributed by atoms with Crippen LogP contribution < -0.4 is 9.64 Å². The third-order valence-corrected chi connectivity index (χ3v) is 5.52. The first kappa shape index (κ1) is 21.1. The molecule has 1 fully saturated rings. The van der Waals surface area contributed by atoms with Crippen molar-refractivity contribution in [3.05, 3.63) is 54.5 Å². The number of aliphatic hydroxyl groups excluding tert-OH is 1. The average molecular weight is 456 g/mol. The maximum Gasteiger partial charge on any atom is 0.417 e. The summed E-state index contributed by atoms with van der Waals surface area (Å²) < 4.78 is 46.4. The van der Waals surface area contributed by atoms with Crippen molar-refractivity contribution >= 4 is 16.9 Å². The van der Waals surface area contributed by atoms with Gasteiger partial charge in [0.05, 0.1) is 42.5 Å². The molecule has 0 spiro atoms. The van der Waals surface area contributed by atoms with Gasteiger partial charge in [-0.15, -0.1) is 0 Å². The molecule has 1 saturated heterocycles. The number of anilines is 1. The molecule has 0 amide bonds. The number of ether oxygens (including phenoxy) is 1. The number of aliphatic hydroxyl groups is 1. The van der Waals surface area contributed by atoms with Gasteiger partial charge in [-0.3, -0.25) is 9.55 Å². The van der Waals surface area contributed by atoms with Gasteiger partial charge in [-0.1, -0.05) is 0 Å². The molecule has 1 aliphatic rings. The Labute approximate surface area is 186 Å². The van der Waals surface area contributed by atoms with E-state index in [9.17, 15) is 18.3 Å². The summed E-state index contributed by atoms with van der Waals surface area (Å²) in [7, 11) is 1.49. The second-order valence-corrected chi connectivity index (χ2v) is 7.68. The zero-order chi connectivity index (χ0) is 23.2. The van der Waals surface area contributed by atoms with Gasteiger partial charge in [0.15, 0.2) is 11.5 Å². The van der Waals surface area contributed by atoms with E-state index in [1.807, 2.05) is 11.0 Å². The predicted molar refractivity (Wildman–Crippen MR) is 114 cm³/mol. The molecule has 33 heavy (non-hydrogen) atoms. The van der Waals surface area contributed by atoms with Crippen LogP contribution in [0.3, 0.4) is 0 Å². The van der Waals surface area contributed by atoms with Crippen LogP contribution >= 0.6 is 0 Å². The molecular formula is C22H19F3N6O2. The zero-order valence-electron chi connectivity index (χ0n) is 17.5. The topological polar surface area (TPSA) is 89.2 Å². The summed E-state index contributed by atoms with van der Waals surface area (Å²) in [5, 5.41) is 9.78. The highest BCUT2D eigenvalue weighted by molar-refractivity contribution is 5.80. The highest BCUT2D eigenvalue weighted by Crippen LogP contribution is 2.33. The standard InChI is InChI=1S/C22H19F3N6O2/c1-33-19-5-3-15(11-27-19)31-20-18(8-13(9-28-20)22(23,24)25)29-21(31)17-4-2-14(10-26-17)30-7-6-16(32)12-30/h2-5,8-11,16,32H,6-7,12H2,1H3. The molecule has 0 aliphatic carbocycles. The Morgan fingerprint density at radius 2 is 1.82 bits per heavy atom. The summed E-state index contributed by atoms with van der Waals surface area (Å²) in [5.41, 5.74) is 1.31. The summed E-state index contributed by atoms with van der Waals surface area (Å²) >= 11 is 0. The van der Waals surface area contributed by atoms with E-state index < -0.39 is 11.7 Å². The van der Waals surface area contributed by atoms with Crippen molar-refractivity contribution in [3.63, 3.8) is 0 Å². The molecule has 1 aliphatic heterocycles. The molecule has 1 unspecified atom stereocenters. The lowest BCUT2D eigenvalue weighted by Gasteiger charge is -2.17. The number of halogens is 3. The molecule has 0 saturated carbocycles. The summed E-state index contributed by atoms with van der Waals surface area (Å²) in [6.45, 7) is 1.25. The van der Waals surface area contributed by atoms with Crippen LogP contribution in [0.2, 0.25) is 0 Å². The van der Waals surface area contributed by atoms with Crippen LogP contribution in [0.1, 0.15) is 12.0 Å². The van der Waals surface area contributed by atoms with Gasteiger partial charge in [-0.25, -0.2) is 15.0 Å². The summed E-state index contributed by atoms with van der Waals surface area (Å²) in [5.74, 6) is 0.726. The monoisotopic (exact) mass is 456 g/mol. The molecule has 8 nitrogen and oxygen atoms in total. The Hall–Kier alpha value is -3.73.